The Morgan fingerprint density at radius 2 is 1.91 bits per heavy atom. The lowest BCUT2D eigenvalue weighted by Gasteiger charge is -2.26. The number of halogens is 3. The van der Waals surface area contributed by atoms with Crippen molar-refractivity contribution in [2.24, 2.45) is 0 Å². The fraction of sp³-hybridized carbons (Fsp3) is 0.435. The van der Waals surface area contributed by atoms with Gasteiger partial charge >= 0.3 is 12.1 Å². The summed E-state index contributed by atoms with van der Waals surface area (Å²) in [5, 5.41) is 16.1. The van der Waals surface area contributed by atoms with Gasteiger partial charge in [0.2, 0.25) is 0 Å². The van der Waals surface area contributed by atoms with Crippen LogP contribution >= 0.6 is 11.3 Å². The second-order valence-electron chi connectivity index (χ2n) is 8.18. The van der Waals surface area contributed by atoms with Gasteiger partial charge in [0, 0.05) is 35.6 Å². The molecular weight excluding hydrogens is 469 g/mol. The third-order valence-electron chi connectivity index (χ3n) is 5.71. The SMILES string of the molecule is O=C(O)C(F)(F)F.c1ccc(OCc2n[nH]c3c2CN(Cc2nc4c(s2)CCCC4)CC3)cc1. The Kier molecular flexibility index (Phi) is 7.52. The molecule has 11 heteroatoms. The van der Waals surface area contributed by atoms with Crippen molar-refractivity contribution >= 4 is 17.3 Å². The highest BCUT2D eigenvalue weighted by atomic mass is 32.1. The molecule has 0 fully saturated rings. The summed E-state index contributed by atoms with van der Waals surface area (Å²) >= 11 is 1.92. The first kappa shape index (κ1) is 24.2. The molecular formula is C23H25F3N4O3S. The van der Waals surface area contributed by atoms with Crippen molar-refractivity contribution in [2.45, 2.75) is 58.0 Å². The van der Waals surface area contributed by atoms with Gasteiger partial charge in [-0.15, -0.1) is 11.3 Å². The van der Waals surface area contributed by atoms with Crippen LogP contribution in [0.15, 0.2) is 30.3 Å². The Hall–Kier alpha value is -2.92. The van der Waals surface area contributed by atoms with E-state index in [1.807, 2.05) is 41.7 Å². The third-order valence-corrected chi connectivity index (χ3v) is 6.85. The Morgan fingerprint density at radius 1 is 1.18 bits per heavy atom. The number of hydrogen-bond donors (Lipinski definition) is 2. The summed E-state index contributed by atoms with van der Waals surface area (Å²) in [6.45, 7) is 3.43. The molecule has 3 heterocycles. The zero-order chi connectivity index (χ0) is 24.1. The van der Waals surface area contributed by atoms with Crippen LogP contribution in [0, 0.1) is 0 Å². The van der Waals surface area contributed by atoms with Crippen LogP contribution in [0.1, 0.15) is 45.4 Å². The summed E-state index contributed by atoms with van der Waals surface area (Å²) < 4.78 is 37.6. The molecule has 3 aromatic rings. The third kappa shape index (κ3) is 6.15. The van der Waals surface area contributed by atoms with Gasteiger partial charge in [-0.25, -0.2) is 9.78 Å². The molecule has 1 aromatic carbocycles. The molecule has 0 saturated carbocycles. The van der Waals surface area contributed by atoms with Crippen molar-refractivity contribution < 1.29 is 27.8 Å². The molecule has 7 nitrogen and oxygen atoms in total. The Labute approximate surface area is 198 Å². The van der Waals surface area contributed by atoms with Gasteiger partial charge in [-0.3, -0.25) is 10.00 Å². The topological polar surface area (TPSA) is 91.3 Å². The number of hydrogen-bond acceptors (Lipinski definition) is 6. The van der Waals surface area contributed by atoms with Crippen LogP contribution in [0.25, 0.3) is 0 Å². The van der Waals surface area contributed by atoms with E-state index in [0.717, 1.165) is 37.5 Å². The first-order valence-electron chi connectivity index (χ1n) is 11.0. The zero-order valence-corrected chi connectivity index (χ0v) is 19.2. The van der Waals surface area contributed by atoms with Gasteiger partial charge in [0.05, 0.1) is 12.2 Å². The molecule has 34 heavy (non-hydrogen) atoms. The summed E-state index contributed by atoms with van der Waals surface area (Å²) in [5.41, 5.74) is 4.95. The molecule has 1 aliphatic carbocycles. The number of ether oxygens (including phenoxy) is 1. The van der Waals surface area contributed by atoms with Gasteiger partial charge in [-0.2, -0.15) is 18.3 Å². The normalized spacial score (nSPS) is 15.6. The van der Waals surface area contributed by atoms with Crippen LogP contribution in [0.2, 0.25) is 0 Å². The smallest absolute Gasteiger partial charge is 0.487 e. The van der Waals surface area contributed by atoms with Crippen molar-refractivity contribution in [1.82, 2.24) is 20.1 Å². The lowest BCUT2D eigenvalue weighted by Crippen LogP contribution is -2.30. The van der Waals surface area contributed by atoms with E-state index in [2.05, 4.69) is 15.1 Å². The maximum atomic E-state index is 10.6. The van der Waals surface area contributed by atoms with Crippen LogP contribution in [0.5, 0.6) is 5.75 Å². The number of benzene rings is 1. The molecule has 0 amide bonds. The summed E-state index contributed by atoms with van der Waals surface area (Å²) in [5.74, 6) is -1.87. The predicted molar refractivity (Wildman–Crippen MR) is 120 cm³/mol. The van der Waals surface area contributed by atoms with Gasteiger partial charge in [-0.1, -0.05) is 18.2 Å². The number of fused-ring (bicyclic) bond motifs is 2. The van der Waals surface area contributed by atoms with E-state index in [1.165, 1.54) is 52.5 Å². The number of carbonyl (C=O) groups is 1. The minimum atomic E-state index is -5.08. The minimum absolute atomic E-state index is 0.509. The highest BCUT2D eigenvalue weighted by Crippen LogP contribution is 2.29. The van der Waals surface area contributed by atoms with Crippen LogP contribution in [-0.2, 0) is 43.8 Å². The van der Waals surface area contributed by atoms with Crippen molar-refractivity contribution in [2.75, 3.05) is 6.54 Å². The Balaban J connectivity index is 0.000000344. The predicted octanol–water partition coefficient (Wildman–Crippen LogP) is 4.52. The molecule has 2 aromatic heterocycles. The maximum Gasteiger partial charge on any atom is 0.490 e. The standard InChI is InChI=1S/C21H24N4OS.C2HF3O2/c1-2-6-15(7-3-1)26-14-19-16-12-25(11-10-17(16)23-24-19)13-21-22-18-8-4-5-9-20(18)27-21;3-2(4,5)1(6)7/h1-3,6-7H,4-5,8-14H2,(H,23,24);(H,6,7). The lowest BCUT2D eigenvalue weighted by molar-refractivity contribution is -0.192. The van der Waals surface area contributed by atoms with Gasteiger partial charge in [0.1, 0.15) is 23.1 Å². The molecule has 0 unspecified atom stereocenters. The van der Waals surface area contributed by atoms with Crippen LogP contribution in [0.3, 0.4) is 0 Å². The zero-order valence-electron chi connectivity index (χ0n) is 18.4. The van der Waals surface area contributed by atoms with Gasteiger partial charge in [0.25, 0.3) is 0 Å². The maximum absolute atomic E-state index is 10.6. The average Bonchev–Trinajstić information content (AvgIpc) is 3.41. The number of aromatic nitrogens is 3. The number of aliphatic carboxylic acids is 1. The number of nitrogens with one attached hydrogen (secondary N) is 1. The van der Waals surface area contributed by atoms with Crippen LogP contribution in [-0.4, -0.2) is 43.9 Å². The second-order valence-corrected chi connectivity index (χ2v) is 9.35. The molecule has 5 rings (SSSR count). The van der Waals surface area contributed by atoms with E-state index < -0.39 is 12.1 Å². The van der Waals surface area contributed by atoms with E-state index in [0.29, 0.717) is 6.61 Å². The van der Waals surface area contributed by atoms with E-state index in [9.17, 15) is 13.2 Å². The number of nitrogens with zero attached hydrogens (tertiary/aromatic N) is 3. The monoisotopic (exact) mass is 494 g/mol. The quantitative estimate of drug-likeness (QED) is 0.542. The summed E-state index contributed by atoms with van der Waals surface area (Å²) in [6.07, 6.45) is 0.932. The van der Waals surface area contributed by atoms with Crippen LogP contribution < -0.4 is 4.74 Å². The molecule has 2 N–H and O–H groups in total. The largest absolute Gasteiger partial charge is 0.490 e. The first-order chi connectivity index (χ1) is 16.3. The second kappa shape index (κ2) is 10.6. The molecule has 182 valence electrons. The average molecular weight is 495 g/mol. The lowest BCUT2D eigenvalue weighted by atomic mass is 10.0. The number of para-hydroxylation sites is 1. The number of rotatable bonds is 5. The van der Waals surface area contributed by atoms with Crippen molar-refractivity contribution in [3.05, 3.63) is 62.9 Å². The highest BCUT2D eigenvalue weighted by molar-refractivity contribution is 7.11. The summed E-state index contributed by atoms with van der Waals surface area (Å²) in [6, 6.07) is 9.94. The Morgan fingerprint density at radius 3 is 2.62 bits per heavy atom. The number of carboxylic acids is 1. The number of thiazole rings is 1. The highest BCUT2D eigenvalue weighted by Gasteiger charge is 2.38. The number of H-pyrrole nitrogens is 1. The van der Waals surface area contributed by atoms with Crippen molar-refractivity contribution in [3.63, 3.8) is 0 Å². The van der Waals surface area contributed by atoms with E-state index in [4.69, 9.17) is 19.6 Å². The number of aryl methyl sites for hydroxylation is 2. The van der Waals surface area contributed by atoms with Gasteiger partial charge in [0.15, 0.2) is 0 Å². The van der Waals surface area contributed by atoms with E-state index in [-0.39, 0.29) is 0 Å². The molecule has 1 aliphatic heterocycles. The van der Waals surface area contributed by atoms with E-state index >= 15 is 0 Å². The fourth-order valence-electron chi connectivity index (χ4n) is 4.00. The van der Waals surface area contributed by atoms with Gasteiger partial charge in [-0.05, 0) is 37.8 Å². The summed E-state index contributed by atoms with van der Waals surface area (Å²) in [4.78, 5) is 17.8. The summed E-state index contributed by atoms with van der Waals surface area (Å²) in [7, 11) is 0. The van der Waals surface area contributed by atoms with E-state index in [1.54, 1.807) is 0 Å². The number of aromatic amines is 1. The van der Waals surface area contributed by atoms with Gasteiger partial charge < -0.3 is 9.84 Å². The molecule has 0 radical (unpaired) electrons. The number of carboxylic acid groups (broad SMARTS) is 1. The molecule has 0 atom stereocenters. The van der Waals surface area contributed by atoms with Crippen molar-refractivity contribution in [3.8, 4) is 5.75 Å². The molecule has 0 bridgehead atoms. The number of alkyl halides is 3. The minimum Gasteiger partial charge on any atom is -0.487 e. The molecule has 2 aliphatic rings. The fourth-order valence-corrected chi connectivity index (χ4v) is 5.20. The Bertz CT molecular complexity index is 1090. The molecule has 0 spiro atoms. The van der Waals surface area contributed by atoms with Crippen LogP contribution in [0.4, 0.5) is 13.2 Å². The van der Waals surface area contributed by atoms with Crippen molar-refractivity contribution in [1.29, 1.82) is 0 Å². The molecule has 0 saturated heterocycles. The first-order valence-corrected chi connectivity index (χ1v) is 11.8.